The summed E-state index contributed by atoms with van der Waals surface area (Å²) in [6.07, 6.45) is 7.35. The van der Waals surface area contributed by atoms with Crippen molar-refractivity contribution in [1.29, 1.82) is 0 Å². The molecule has 152 valence electrons. The number of aryl methyl sites for hydroxylation is 1. The second-order valence-corrected chi connectivity index (χ2v) is 9.48. The monoisotopic (exact) mass is 426 g/mol. The number of carbonyl (C=O) groups excluding carboxylic acids is 1. The third kappa shape index (κ3) is 4.60. The zero-order chi connectivity index (χ0) is 20.2. The molecule has 1 atom stereocenters. The molecular weight excluding hydrogens is 400 g/mol. The van der Waals surface area contributed by atoms with E-state index in [1.807, 2.05) is 0 Å². The van der Waals surface area contributed by atoms with E-state index in [4.69, 9.17) is 4.42 Å². The minimum Gasteiger partial charge on any atom is -0.459 e. The van der Waals surface area contributed by atoms with Crippen LogP contribution in [-0.2, 0) is 0 Å². The number of hydrogen-bond acceptors (Lipinski definition) is 5. The lowest BCUT2D eigenvalue weighted by Gasteiger charge is -2.35. The Balaban J connectivity index is 1.70. The van der Waals surface area contributed by atoms with E-state index in [1.54, 1.807) is 35.2 Å². The van der Waals surface area contributed by atoms with E-state index in [9.17, 15) is 4.79 Å². The molecule has 3 heterocycles. The van der Waals surface area contributed by atoms with Gasteiger partial charge in [-0.1, -0.05) is 18.6 Å². The van der Waals surface area contributed by atoms with Crippen LogP contribution in [0.1, 0.15) is 51.9 Å². The molecule has 1 saturated heterocycles. The van der Waals surface area contributed by atoms with E-state index in [1.165, 1.54) is 46.4 Å². The molecule has 1 aliphatic rings. The predicted octanol–water partition coefficient (Wildman–Crippen LogP) is 6.20. The highest BCUT2D eigenvalue weighted by Gasteiger charge is 2.28. The van der Waals surface area contributed by atoms with E-state index in [0.29, 0.717) is 5.76 Å². The van der Waals surface area contributed by atoms with Gasteiger partial charge in [-0.2, -0.15) is 0 Å². The van der Waals surface area contributed by atoms with Crippen molar-refractivity contribution >= 4 is 34.0 Å². The Labute approximate surface area is 180 Å². The van der Waals surface area contributed by atoms with Crippen molar-refractivity contribution in [3.8, 4) is 0 Å². The van der Waals surface area contributed by atoms with Crippen LogP contribution in [0.4, 0.5) is 5.00 Å². The van der Waals surface area contributed by atoms with Crippen LogP contribution in [0.3, 0.4) is 0 Å². The number of likely N-dealkylation sites (tertiary alicyclic amines) is 1. The Morgan fingerprint density at radius 1 is 1.17 bits per heavy atom. The molecule has 6 heteroatoms. The van der Waals surface area contributed by atoms with E-state index in [2.05, 4.69) is 53.7 Å². The summed E-state index contributed by atoms with van der Waals surface area (Å²) in [6, 6.07) is 14.6. The van der Waals surface area contributed by atoms with Gasteiger partial charge in [0.25, 0.3) is 5.91 Å². The van der Waals surface area contributed by atoms with Crippen LogP contribution < -0.4 is 5.32 Å². The molecule has 0 bridgehead atoms. The minimum absolute atomic E-state index is 0.142. The number of amides is 1. The molecule has 2 aromatic heterocycles. The molecule has 1 fully saturated rings. The molecular formula is C23H26N2O2S2. The van der Waals surface area contributed by atoms with E-state index >= 15 is 0 Å². The Morgan fingerprint density at radius 2 is 1.93 bits per heavy atom. The third-order valence-electron chi connectivity index (χ3n) is 5.34. The normalized spacial score (nSPS) is 15.9. The highest BCUT2D eigenvalue weighted by atomic mass is 32.2. The maximum atomic E-state index is 12.6. The molecule has 0 unspecified atom stereocenters. The Hall–Kier alpha value is -2.02. The second-order valence-electron chi connectivity index (χ2n) is 7.35. The molecule has 0 aliphatic carbocycles. The van der Waals surface area contributed by atoms with Gasteiger partial charge in [0.2, 0.25) is 0 Å². The Bertz CT molecular complexity index is 942. The van der Waals surface area contributed by atoms with Crippen molar-refractivity contribution in [2.45, 2.75) is 37.1 Å². The molecule has 1 aromatic carbocycles. The summed E-state index contributed by atoms with van der Waals surface area (Å²) >= 11 is 3.39. The van der Waals surface area contributed by atoms with Gasteiger partial charge in [-0.3, -0.25) is 9.69 Å². The lowest BCUT2D eigenvalue weighted by Crippen LogP contribution is -2.34. The fraction of sp³-hybridized carbons (Fsp3) is 0.348. The van der Waals surface area contributed by atoms with Crippen LogP contribution in [0.15, 0.2) is 58.0 Å². The van der Waals surface area contributed by atoms with E-state index < -0.39 is 0 Å². The SMILES string of the molecule is CSc1ccc([C@@H](c2cc(C)sc2NC(=O)c2ccco2)N2CCCCC2)cc1. The van der Waals surface area contributed by atoms with Crippen molar-refractivity contribution < 1.29 is 9.21 Å². The quantitative estimate of drug-likeness (QED) is 0.477. The highest BCUT2D eigenvalue weighted by Crippen LogP contribution is 2.40. The lowest BCUT2D eigenvalue weighted by molar-refractivity contribution is 0.0996. The molecule has 3 aromatic rings. The van der Waals surface area contributed by atoms with E-state index in [-0.39, 0.29) is 11.9 Å². The number of furan rings is 1. The van der Waals surface area contributed by atoms with Crippen LogP contribution in [0.2, 0.25) is 0 Å². The first kappa shape index (κ1) is 20.3. The Kier molecular flexibility index (Phi) is 6.43. The lowest BCUT2D eigenvalue weighted by atomic mass is 9.96. The summed E-state index contributed by atoms with van der Waals surface area (Å²) in [7, 11) is 0. The number of nitrogens with one attached hydrogen (secondary N) is 1. The summed E-state index contributed by atoms with van der Waals surface area (Å²) in [5.74, 6) is 0.133. The van der Waals surface area contributed by atoms with Crippen molar-refractivity contribution in [2.75, 3.05) is 24.7 Å². The topological polar surface area (TPSA) is 45.5 Å². The molecule has 29 heavy (non-hydrogen) atoms. The third-order valence-corrected chi connectivity index (χ3v) is 7.06. The number of piperidine rings is 1. The number of thioether (sulfide) groups is 1. The van der Waals surface area contributed by atoms with Gasteiger partial charge in [0.15, 0.2) is 5.76 Å². The molecule has 1 N–H and O–H groups in total. The number of rotatable bonds is 6. The van der Waals surface area contributed by atoms with Gasteiger partial charge >= 0.3 is 0 Å². The van der Waals surface area contributed by atoms with Gasteiger partial charge in [0.1, 0.15) is 5.00 Å². The Morgan fingerprint density at radius 3 is 2.59 bits per heavy atom. The van der Waals surface area contributed by atoms with Crippen LogP contribution in [0.25, 0.3) is 0 Å². The maximum Gasteiger partial charge on any atom is 0.291 e. The van der Waals surface area contributed by atoms with Gasteiger partial charge in [0.05, 0.1) is 12.3 Å². The number of hydrogen-bond donors (Lipinski definition) is 1. The number of benzene rings is 1. The smallest absolute Gasteiger partial charge is 0.291 e. The summed E-state index contributed by atoms with van der Waals surface area (Å²) in [6.45, 7) is 4.26. The van der Waals surface area contributed by atoms with Gasteiger partial charge in [0, 0.05) is 15.3 Å². The van der Waals surface area contributed by atoms with Crippen LogP contribution in [0.5, 0.6) is 0 Å². The molecule has 0 spiro atoms. The molecule has 4 rings (SSSR count). The first-order chi connectivity index (χ1) is 14.2. The maximum absolute atomic E-state index is 12.6. The first-order valence-electron chi connectivity index (χ1n) is 9.99. The fourth-order valence-electron chi connectivity index (χ4n) is 3.96. The highest BCUT2D eigenvalue weighted by molar-refractivity contribution is 7.98. The number of anilines is 1. The molecule has 0 radical (unpaired) electrons. The van der Waals surface area contributed by atoms with Gasteiger partial charge < -0.3 is 9.73 Å². The number of nitrogens with zero attached hydrogens (tertiary/aromatic N) is 1. The van der Waals surface area contributed by atoms with Gasteiger partial charge in [-0.25, -0.2) is 0 Å². The van der Waals surface area contributed by atoms with Crippen LogP contribution >= 0.6 is 23.1 Å². The number of carbonyl (C=O) groups is 1. The van der Waals surface area contributed by atoms with E-state index in [0.717, 1.165) is 18.1 Å². The predicted molar refractivity (Wildman–Crippen MR) is 121 cm³/mol. The largest absolute Gasteiger partial charge is 0.459 e. The van der Waals surface area contributed by atoms with Crippen molar-refractivity contribution in [3.63, 3.8) is 0 Å². The molecule has 1 aliphatic heterocycles. The average molecular weight is 427 g/mol. The molecule has 0 saturated carbocycles. The fourth-order valence-corrected chi connectivity index (χ4v) is 5.31. The zero-order valence-corrected chi connectivity index (χ0v) is 18.4. The van der Waals surface area contributed by atoms with Gasteiger partial charge in [-0.05, 0) is 75.0 Å². The van der Waals surface area contributed by atoms with Crippen LogP contribution in [-0.4, -0.2) is 30.2 Å². The standard InChI is InChI=1S/C23H26N2O2S2/c1-16-15-19(23(29-16)24-22(26)20-7-6-14-27-20)21(25-12-4-3-5-13-25)17-8-10-18(28-2)11-9-17/h6-11,14-15,21H,3-5,12-13H2,1-2H3,(H,24,26)/t21-/m0/s1. The van der Waals surface area contributed by atoms with Crippen molar-refractivity contribution in [2.24, 2.45) is 0 Å². The molecule has 4 nitrogen and oxygen atoms in total. The minimum atomic E-state index is -0.201. The number of thiophene rings is 1. The summed E-state index contributed by atoms with van der Waals surface area (Å²) in [5, 5.41) is 4.01. The first-order valence-corrected chi connectivity index (χ1v) is 12.0. The van der Waals surface area contributed by atoms with Gasteiger partial charge in [-0.15, -0.1) is 23.1 Å². The zero-order valence-electron chi connectivity index (χ0n) is 16.8. The van der Waals surface area contributed by atoms with Crippen molar-refractivity contribution in [3.05, 3.63) is 70.5 Å². The summed E-state index contributed by atoms with van der Waals surface area (Å²) in [4.78, 5) is 17.7. The summed E-state index contributed by atoms with van der Waals surface area (Å²) < 4.78 is 5.28. The second kappa shape index (κ2) is 9.20. The average Bonchev–Trinajstić information content (AvgIpc) is 3.40. The summed E-state index contributed by atoms with van der Waals surface area (Å²) in [5.41, 5.74) is 2.45. The molecule has 1 amide bonds. The van der Waals surface area contributed by atoms with Crippen LogP contribution in [0, 0.1) is 6.92 Å². The van der Waals surface area contributed by atoms with Crippen molar-refractivity contribution in [1.82, 2.24) is 4.90 Å².